The van der Waals surface area contributed by atoms with Gasteiger partial charge in [-0.3, -0.25) is 4.98 Å². The Bertz CT molecular complexity index is 605. The van der Waals surface area contributed by atoms with Gasteiger partial charge >= 0.3 is 0 Å². The van der Waals surface area contributed by atoms with Crippen molar-refractivity contribution in [3.63, 3.8) is 0 Å². The molecule has 0 bridgehead atoms. The van der Waals surface area contributed by atoms with E-state index in [1.165, 1.54) is 35.9 Å². The van der Waals surface area contributed by atoms with Crippen LogP contribution >= 0.6 is 0 Å². The summed E-state index contributed by atoms with van der Waals surface area (Å²) in [4.78, 5) is 4.52. The monoisotopic (exact) mass is 268 g/mol. The molecule has 0 aliphatic heterocycles. The molecular formula is C18H24N2. The summed E-state index contributed by atoms with van der Waals surface area (Å²) < 4.78 is 0. The first kappa shape index (κ1) is 13.4. The Kier molecular flexibility index (Phi) is 3.64. The Morgan fingerprint density at radius 1 is 1.10 bits per heavy atom. The van der Waals surface area contributed by atoms with Gasteiger partial charge in [-0.2, -0.15) is 0 Å². The molecule has 1 aliphatic carbocycles. The van der Waals surface area contributed by atoms with Crippen molar-refractivity contribution in [2.24, 2.45) is 11.8 Å². The van der Waals surface area contributed by atoms with E-state index in [1.54, 1.807) is 0 Å². The van der Waals surface area contributed by atoms with Crippen LogP contribution in [-0.4, -0.2) is 11.0 Å². The quantitative estimate of drug-likeness (QED) is 0.847. The third-order valence-corrected chi connectivity index (χ3v) is 4.93. The maximum absolute atomic E-state index is 4.52. The molecule has 1 saturated carbocycles. The van der Waals surface area contributed by atoms with Gasteiger partial charge in [-0.15, -0.1) is 0 Å². The molecule has 1 aromatic heterocycles. The molecule has 2 heteroatoms. The SMILES string of the molecule is Cc1ccc(NC2CCC(C)C(C)C2)c2cccnc12. The second-order valence-corrected chi connectivity index (χ2v) is 6.44. The number of pyridine rings is 1. The van der Waals surface area contributed by atoms with Crippen molar-refractivity contribution in [2.45, 2.75) is 46.1 Å². The van der Waals surface area contributed by atoms with Gasteiger partial charge in [0.25, 0.3) is 0 Å². The molecule has 3 atom stereocenters. The van der Waals surface area contributed by atoms with E-state index in [4.69, 9.17) is 0 Å². The highest BCUT2D eigenvalue weighted by Crippen LogP contribution is 2.33. The lowest BCUT2D eigenvalue weighted by Gasteiger charge is -2.33. The van der Waals surface area contributed by atoms with Gasteiger partial charge in [0, 0.05) is 23.3 Å². The Hall–Kier alpha value is -1.57. The second kappa shape index (κ2) is 5.43. The lowest BCUT2D eigenvalue weighted by Crippen LogP contribution is -2.30. The highest BCUT2D eigenvalue weighted by atomic mass is 14.9. The summed E-state index contributed by atoms with van der Waals surface area (Å²) in [6.45, 7) is 6.89. The van der Waals surface area contributed by atoms with Crippen molar-refractivity contribution >= 4 is 16.6 Å². The molecule has 1 fully saturated rings. The number of anilines is 1. The van der Waals surface area contributed by atoms with Crippen LogP contribution in [0.5, 0.6) is 0 Å². The fourth-order valence-electron chi connectivity index (χ4n) is 3.34. The van der Waals surface area contributed by atoms with Gasteiger partial charge in [0.2, 0.25) is 0 Å². The highest BCUT2D eigenvalue weighted by Gasteiger charge is 2.24. The highest BCUT2D eigenvalue weighted by molar-refractivity contribution is 5.93. The molecule has 0 spiro atoms. The average Bonchev–Trinajstić information content (AvgIpc) is 2.46. The fourth-order valence-corrected chi connectivity index (χ4v) is 3.34. The van der Waals surface area contributed by atoms with Crippen LogP contribution in [0, 0.1) is 18.8 Å². The number of fused-ring (bicyclic) bond motifs is 1. The number of aromatic nitrogens is 1. The predicted molar refractivity (Wildman–Crippen MR) is 86.1 cm³/mol. The molecule has 1 N–H and O–H groups in total. The molecule has 0 amide bonds. The Morgan fingerprint density at radius 2 is 1.95 bits per heavy atom. The summed E-state index contributed by atoms with van der Waals surface area (Å²) in [6.07, 6.45) is 5.77. The molecule has 1 aromatic carbocycles. The normalized spacial score (nSPS) is 26.6. The van der Waals surface area contributed by atoms with Crippen molar-refractivity contribution in [3.05, 3.63) is 36.0 Å². The standard InChI is InChI=1S/C18H24N2/c1-12-6-8-15(11-14(12)3)20-17-9-7-13(2)18-16(17)5-4-10-19-18/h4-5,7,9-10,12,14-15,20H,6,8,11H2,1-3H3. The van der Waals surface area contributed by atoms with Crippen LogP contribution in [0.1, 0.15) is 38.7 Å². The number of rotatable bonds is 2. The summed E-state index contributed by atoms with van der Waals surface area (Å²) in [5.74, 6) is 1.68. The zero-order valence-electron chi connectivity index (χ0n) is 12.7. The first-order valence-corrected chi connectivity index (χ1v) is 7.76. The van der Waals surface area contributed by atoms with Crippen LogP contribution in [0.2, 0.25) is 0 Å². The van der Waals surface area contributed by atoms with Gasteiger partial charge in [0.05, 0.1) is 5.52 Å². The van der Waals surface area contributed by atoms with E-state index < -0.39 is 0 Å². The van der Waals surface area contributed by atoms with Crippen molar-refractivity contribution in [3.8, 4) is 0 Å². The lowest BCUT2D eigenvalue weighted by molar-refractivity contribution is 0.261. The smallest absolute Gasteiger partial charge is 0.0751 e. The maximum atomic E-state index is 4.52. The third-order valence-electron chi connectivity index (χ3n) is 4.93. The minimum atomic E-state index is 0.604. The topological polar surface area (TPSA) is 24.9 Å². The van der Waals surface area contributed by atoms with Crippen LogP contribution < -0.4 is 5.32 Å². The average molecular weight is 268 g/mol. The van der Waals surface area contributed by atoms with Crippen molar-refractivity contribution in [1.29, 1.82) is 0 Å². The van der Waals surface area contributed by atoms with Crippen LogP contribution in [-0.2, 0) is 0 Å². The summed E-state index contributed by atoms with van der Waals surface area (Å²) >= 11 is 0. The van der Waals surface area contributed by atoms with Crippen molar-refractivity contribution < 1.29 is 0 Å². The number of nitrogens with zero attached hydrogens (tertiary/aromatic N) is 1. The fraction of sp³-hybridized carbons (Fsp3) is 0.500. The number of hydrogen-bond acceptors (Lipinski definition) is 2. The molecule has 3 unspecified atom stereocenters. The summed E-state index contributed by atoms with van der Waals surface area (Å²) in [7, 11) is 0. The zero-order valence-corrected chi connectivity index (χ0v) is 12.7. The van der Waals surface area contributed by atoms with E-state index in [0.717, 1.165) is 17.4 Å². The Balaban J connectivity index is 1.86. The minimum Gasteiger partial charge on any atom is -0.382 e. The molecule has 3 rings (SSSR count). The number of benzene rings is 1. The van der Waals surface area contributed by atoms with Gasteiger partial charge in [-0.1, -0.05) is 19.9 Å². The molecule has 1 heterocycles. The van der Waals surface area contributed by atoms with Crippen LogP contribution in [0.25, 0.3) is 10.9 Å². The second-order valence-electron chi connectivity index (χ2n) is 6.44. The summed E-state index contributed by atoms with van der Waals surface area (Å²) in [5.41, 5.74) is 3.61. The van der Waals surface area contributed by atoms with E-state index in [9.17, 15) is 0 Å². The van der Waals surface area contributed by atoms with Gasteiger partial charge in [-0.05, 0) is 61.8 Å². The summed E-state index contributed by atoms with van der Waals surface area (Å²) in [6, 6.07) is 9.19. The van der Waals surface area contributed by atoms with Gasteiger partial charge in [0.1, 0.15) is 0 Å². The number of hydrogen-bond donors (Lipinski definition) is 1. The van der Waals surface area contributed by atoms with E-state index in [1.807, 2.05) is 12.3 Å². The Labute approximate surface area is 121 Å². The lowest BCUT2D eigenvalue weighted by atomic mass is 9.79. The molecule has 1 aliphatic rings. The van der Waals surface area contributed by atoms with E-state index in [0.29, 0.717) is 6.04 Å². The maximum Gasteiger partial charge on any atom is 0.0751 e. The summed E-state index contributed by atoms with van der Waals surface area (Å²) in [5, 5.41) is 5.01. The van der Waals surface area contributed by atoms with Crippen molar-refractivity contribution in [2.75, 3.05) is 5.32 Å². The number of nitrogens with one attached hydrogen (secondary N) is 1. The van der Waals surface area contributed by atoms with Crippen molar-refractivity contribution in [1.82, 2.24) is 4.98 Å². The van der Waals surface area contributed by atoms with Crippen LogP contribution in [0.15, 0.2) is 30.5 Å². The minimum absolute atomic E-state index is 0.604. The zero-order chi connectivity index (χ0) is 14.1. The molecule has 2 nitrogen and oxygen atoms in total. The van der Waals surface area contributed by atoms with Gasteiger partial charge in [0.15, 0.2) is 0 Å². The van der Waals surface area contributed by atoms with Crippen LogP contribution in [0.4, 0.5) is 5.69 Å². The molecule has 0 saturated heterocycles. The molecule has 106 valence electrons. The van der Waals surface area contributed by atoms with Gasteiger partial charge < -0.3 is 5.32 Å². The van der Waals surface area contributed by atoms with E-state index >= 15 is 0 Å². The molecule has 20 heavy (non-hydrogen) atoms. The molecular weight excluding hydrogens is 244 g/mol. The third kappa shape index (κ3) is 2.52. The van der Waals surface area contributed by atoms with E-state index in [-0.39, 0.29) is 0 Å². The van der Waals surface area contributed by atoms with Crippen LogP contribution in [0.3, 0.4) is 0 Å². The predicted octanol–water partition coefficient (Wildman–Crippen LogP) is 4.78. The first-order valence-electron chi connectivity index (χ1n) is 7.76. The molecule has 2 aromatic rings. The molecule has 0 radical (unpaired) electrons. The van der Waals surface area contributed by atoms with Gasteiger partial charge in [-0.25, -0.2) is 0 Å². The van der Waals surface area contributed by atoms with E-state index in [2.05, 4.69) is 49.3 Å². The largest absolute Gasteiger partial charge is 0.382 e. The Morgan fingerprint density at radius 3 is 2.75 bits per heavy atom. The number of aryl methyl sites for hydroxylation is 1. The first-order chi connectivity index (χ1) is 9.65.